The highest BCUT2D eigenvalue weighted by molar-refractivity contribution is 5.45. The zero-order chi connectivity index (χ0) is 16.2. The Balaban J connectivity index is 2.02. The summed E-state index contributed by atoms with van der Waals surface area (Å²) in [5.41, 5.74) is 0.368. The second-order valence-electron chi connectivity index (χ2n) is 4.21. The van der Waals surface area contributed by atoms with Crippen molar-refractivity contribution < 1.29 is 27.6 Å². The second kappa shape index (κ2) is 6.33. The molecule has 0 unspecified atom stereocenters. The van der Waals surface area contributed by atoms with Crippen molar-refractivity contribution in [2.45, 2.75) is 13.0 Å². The number of hydrogen-bond acceptors (Lipinski definition) is 4. The molecule has 0 atom stereocenters. The lowest BCUT2D eigenvalue weighted by Crippen LogP contribution is -2.17. The van der Waals surface area contributed by atoms with Gasteiger partial charge in [-0.1, -0.05) is 24.3 Å². The van der Waals surface area contributed by atoms with Crippen molar-refractivity contribution in [3.8, 4) is 11.5 Å². The zero-order valence-corrected chi connectivity index (χ0v) is 11.0. The number of hydrogen-bond donors (Lipinski definition) is 0. The number of ether oxygens (including phenoxy) is 2. The lowest BCUT2D eigenvalue weighted by Gasteiger charge is -2.10. The third kappa shape index (κ3) is 4.37. The number of alkyl halides is 3. The fourth-order valence-corrected chi connectivity index (χ4v) is 1.68. The number of nitrogens with zero attached hydrogens (tertiary/aromatic N) is 1. The van der Waals surface area contributed by atoms with Crippen molar-refractivity contribution in [1.29, 1.82) is 0 Å². The first-order valence-corrected chi connectivity index (χ1v) is 6.06. The Morgan fingerprint density at radius 1 is 1.05 bits per heavy atom. The predicted molar refractivity (Wildman–Crippen MR) is 70.6 cm³/mol. The van der Waals surface area contributed by atoms with Crippen molar-refractivity contribution in [2.75, 3.05) is 0 Å². The maximum absolute atomic E-state index is 12.0. The van der Waals surface area contributed by atoms with Gasteiger partial charge in [-0.05, 0) is 23.8 Å². The van der Waals surface area contributed by atoms with Crippen LogP contribution in [0.15, 0.2) is 48.5 Å². The van der Waals surface area contributed by atoms with Crippen LogP contribution in [0.2, 0.25) is 0 Å². The topological polar surface area (TPSA) is 61.6 Å². The summed E-state index contributed by atoms with van der Waals surface area (Å²) in [7, 11) is 0. The summed E-state index contributed by atoms with van der Waals surface area (Å²) in [6.07, 6.45) is -4.75. The van der Waals surface area contributed by atoms with E-state index in [1.54, 1.807) is 6.07 Å². The number of rotatable bonds is 5. The van der Waals surface area contributed by atoms with Crippen molar-refractivity contribution >= 4 is 5.69 Å². The molecular weight excluding hydrogens is 303 g/mol. The molecule has 0 bridgehead atoms. The van der Waals surface area contributed by atoms with Gasteiger partial charge in [-0.25, -0.2) is 0 Å². The fraction of sp³-hybridized carbons (Fsp3) is 0.143. The van der Waals surface area contributed by atoms with Gasteiger partial charge in [-0.15, -0.1) is 13.2 Å². The summed E-state index contributed by atoms with van der Waals surface area (Å²) in [6.45, 7) is -0.0167. The average molecular weight is 313 g/mol. The molecule has 22 heavy (non-hydrogen) atoms. The number of para-hydroxylation sites is 2. The third-order valence-electron chi connectivity index (χ3n) is 2.61. The van der Waals surface area contributed by atoms with Crippen LogP contribution in [0.3, 0.4) is 0 Å². The molecule has 5 nitrogen and oxygen atoms in total. The fourth-order valence-electron chi connectivity index (χ4n) is 1.68. The predicted octanol–water partition coefficient (Wildman–Crippen LogP) is 4.07. The summed E-state index contributed by atoms with van der Waals surface area (Å²) in [5, 5.41) is 10.8. The molecule has 0 spiro atoms. The Bertz CT molecular complexity index is 656. The number of halogens is 3. The molecule has 0 fully saturated rings. The highest BCUT2D eigenvalue weighted by Gasteiger charge is 2.30. The van der Waals surface area contributed by atoms with E-state index in [-0.39, 0.29) is 23.8 Å². The standard InChI is InChI=1S/C14H10F3NO4/c15-14(16,17)22-11-7-5-10(6-8-11)9-21-13-4-2-1-3-12(13)18(19)20/h1-8H,9H2. The van der Waals surface area contributed by atoms with Gasteiger partial charge in [-0.3, -0.25) is 10.1 Å². The van der Waals surface area contributed by atoms with E-state index in [9.17, 15) is 23.3 Å². The summed E-state index contributed by atoms with van der Waals surface area (Å²) < 4.78 is 45.1. The minimum Gasteiger partial charge on any atom is -0.482 e. The Kier molecular flexibility index (Phi) is 4.50. The van der Waals surface area contributed by atoms with Gasteiger partial charge in [0.15, 0.2) is 5.75 Å². The minimum absolute atomic E-state index is 0.0167. The molecule has 0 aliphatic carbocycles. The Hall–Kier alpha value is -2.77. The van der Waals surface area contributed by atoms with Crippen LogP contribution >= 0.6 is 0 Å². The lowest BCUT2D eigenvalue weighted by molar-refractivity contribution is -0.385. The van der Waals surface area contributed by atoms with E-state index < -0.39 is 11.3 Å². The van der Waals surface area contributed by atoms with Crippen molar-refractivity contribution in [3.05, 3.63) is 64.2 Å². The average Bonchev–Trinajstić information content (AvgIpc) is 2.45. The summed E-state index contributed by atoms with van der Waals surface area (Å²) >= 11 is 0. The van der Waals surface area contributed by atoms with Gasteiger partial charge in [0.1, 0.15) is 12.4 Å². The summed E-state index contributed by atoms with van der Waals surface area (Å²) in [5.74, 6) is -0.259. The minimum atomic E-state index is -4.75. The molecule has 0 aliphatic heterocycles. The van der Waals surface area contributed by atoms with Gasteiger partial charge in [0.25, 0.3) is 0 Å². The molecule has 0 saturated heterocycles. The molecule has 0 aromatic heterocycles. The highest BCUT2D eigenvalue weighted by Crippen LogP contribution is 2.27. The maximum atomic E-state index is 12.0. The van der Waals surface area contributed by atoms with Crippen molar-refractivity contribution in [1.82, 2.24) is 0 Å². The Labute approximate surface area is 123 Å². The first kappa shape index (κ1) is 15.6. The van der Waals surface area contributed by atoms with Crippen LogP contribution in [-0.4, -0.2) is 11.3 Å². The third-order valence-corrected chi connectivity index (χ3v) is 2.61. The normalized spacial score (nSPS) is 11.0. The molecule has 116 valence electrons. The van der Waals surface area contributed by atoms with Gasteiger partial charge in [-0.2, -0.15) is 0 Å². The number of nitro groups is 1. The van der Waals surface area contributed by atoms with Crippen LogP contribution in [0.25, 0.3) is 0 Å². The molecule has 0 amide bonds. The van der Waals surface area contributed by atoms with E-state index in [0.717, 1.165) is 12.1 Å². The van der Waals surface area contributed by atoms with E-state index >= 15 is 0 Å². The van der Waals surface area contributed by atoms with E-state index in [4.69, 9.17) is 4.74 Å². The molecule has 0 heterocycles. The Morgan fingerprint density at radius 2 is 1.68 bits per heavy atom. The second-order valence-corrected chi connectivity index (χ2v) is 4.21. The smallest absolute Gasteiger partial charge is 0.482 e. The monoisotopic (exact) mass is 313 g/mol. The molecule has 0 aliphatic rings. The van der Waals surface area contributed by atoms with Gasteiger partial charge in [0.05, 0.1) is 4.92 Å². The van der Waals surface area contributed by atoms with E-state index in [1.165, 1.54) is 30.3 Å². The van der Waals surface area contributed by atoms with Crippen LogP contribution < -0.4 is 9.47 Å². The van der Waals surface area contributed by atoms with Crippen LogP contribution in [0, 0.1) is 10.1 Å². The quantitative estimate of drug-likeness (QED) is 0.616. The van der Waals surface area contributed by atoms with Crippen LogP contribution in [0.1, 0.15) is 5.56 Å². The van der Waals surface area contributed by atoms with Crippen LogP contribution in [0.4, 0.5) is 18.9 Å². The lowest BCUT2D eigenvalue weighted by atomic mass is 10.2. The number of nitro benzene ring substituents is 1. The summed E-state index contributed by atoms with van der Waals surface area (Å²) in [4.78, 5) is 10.2. The van der Waals surface area contributed by atoms with Gasteiger partial charge < -0.3 is 9.47 Å². The van der Waals surface area contributed by atoms with E-state index in [0.29, 0.717) is 5.56 Å². The van der Waals surface area contributed by atoms with Crippen LogP contribution in [-0.2, 0) is 6.61 Å². The molecule has 0 radical (unpaired) electrons. The SMILES string of the molecule is O=[N+]([O-])c1ccccc1OCc1ccc(OC(F)(F)F)cc1. The number of benzene rings is 2. The van der Waals surface area contributed by atoms with E-state index in [1.807, 2.05) is 0 Å². The Morgan fingerprint density at radius 3 is 2.27 bits per heavy atom. The highest BCUT2D eigenvalue weighted by atomic mass is 19.4. The molecule has 0 N–H and O–H groups in total. The molecule has 8 heteroatoms. The molecular formula is C14H10F3NO4. The molecule has 0 saturated carbocycles. The van der Waals surface area contributed by atoms with Crippen molar-refractivity contribution in [3.63, 3.8) is 0 Å². The first-order chi connectivity index (χ1) is 10.3. The molecule has 2 aromatic rings. The van der Waals surface area contributed by atoms with E-state index in [2.05, 4.69) is 4.74 Å². The largest absolute Gasteiger partial charge is 0.573 e. The summed E-state index contributed by atoms with van der Waals surface area (Å²) in [6, 6.07) is 10.9. The van der Waals surface area contributed by atoms with Gasteiger partial charge >= 0.3 is 12.0 Å². The zero-order valence-electron chi connectivity index (χ0n) is 11.0. The maximum Gasteiger partial charge on any atom is 0.573 e. The van der Waals surface area contributed by atoms with Gasteiger partial charge in [0.2, 0.25) is 0 Å². The van der Waals surface area contributed by atoms with Crippen molar-refractivity contribution in [2.24, 2.45) is 0 Å². The first-order valence-electron chi connectivity index (χ1n) is 6.06. The van der Waals surface area contributed by atoms with Gasteiger partial charge in [0, 0.05) is 6.07 Å². The molecule has 2 rings (SSSR count). The molecule has 2 aromatic carbocycles. The van der Waals surface area contributed by atoms with Crippen LogP contribution in [0.5, 0.6) is 11.5 Å².